The van der Waals surface area contributed by atoms with Gasteiger partial charge in [0, 0.05) is 35.6 Å². The van der Waals surface area contributed by atoms with Crippen LogP contribution in [0.3, 0.4) is 0 Å². The average molecular weight is 417 g/mol. The molecule has 1 aliphatic heterocycles. The van der Waals surface area contributed by atoms with Gasteiger partial charge in [0.05, 0.1) is 7.11 Å². The number of benzene rings is 3. The lowest BCUT2D eigenvalue weighted by molar-refractivity contribution is -0.121. The minimum Gasteiger partial charge on any atom is -0.496 e. The summed E-state index contributed by atoms with van der Waals surface area (Å²) in [5.41, 5.74) is 1.45. The van der Waals surface area contributed by atoms with Gasteiger partial charge in [-0.3, -0.25) is 9.59 Å². The Morgan fingerprint density at radius 2 is 1.74 bits per heavy atom. The lowest BCUT2D eigenvalue weighted by atomic mass is 9.94. The first-order valence-electron chi connectivity index (χ1n) is 10.2. The highest BCUT2D eigenvalue weighted by Crippen LogP contribution is 2.30. The molecule has 0 saturated carbocycles. The molecule has 4 rings (SSSR count). The number of likely N-dealkylation sites (tertiary alicyclic amines) is 1. The molecule has 0 aliphatic carbocycles. The molecule has 0 bridgehead atoms. The molecule has 2 amide bonds. The highest BCUT2D eigenvalue weighted by Gasteiger charge is 2.28. The second-order valence-electron chi connectivity index (χ2n) is 7.56. The van der Waals surface area contributed by atoms with Crippen LogP contribution in [0.5, 0.6) is 5.75 Å². The van der Waals surface area contributed by atoms with E-state index in [4.69, 9.17) is 4.74 Å². The Balaban J connectivity index is 1.43. The number of amides is 2. The molecular formula is C24H23N3O4. The van der Waals surface area contributed by atoms with Gasteiger partial charge in [-0.15, -0.1) is 4.91 Å². The fraction of sp³-hybridized carbons (Fsp3) is 0.250. The number of ether oxygens (including phenoxy) is 1. The molecule has 7 heteroatoms. The van der Waals surface area contributed by atoms with Gasteiger partial charge in [0.15, 0.2) is 0 Å². The Hall–Kier alpha value is -3.74. The van der Waals surface area contributed by atoms with Gasteiger partial charge in [0.2, 0.25) is 5.91 Å². The number of carbonyl (C=O) groups excluding carboxylic acids is 2. The third-order valence-electron chi connectivity index (χ3n) is 5.71. The average Bonchev–Trinajstić information content (AvgIpc) is 2.83. The molecule has 1 saturated heterocycles. The molecule has 0 atom stereocenters. The Bertz CT molecular complexity index is 1140. The summed E-state index contributed by atoms with van der Waals surface area (Å²) in [6, 6.07) is 17.8. The highest BCUT2D eigenvalue weighted by molar-refractivity contribution is 6.08. The quantitative estimate of drug-likeness (QED) is 0.608. The van der Waals surface area contributed by atoms with Crippen molar-refractivity contribution in [2.75, 3.05) is 25.5 Å². The van der Waals surface area contributed by atoms with Gasteiger partial charge in [-0.1, -0.05) is 30.3 Å². The van der Waals surface area contributed by atoms with Crippen LogP contribution < -0.4 is 10.1 Å². The van der Waals surface area contributed by atoms with E-state index in [0.717, 1.165) is 16.5 Å². The summed E-state index contributed by atoms with van der Waals surface area (Å²) in [4.78, 5) is 38.3. The number of rotatable bonds is 5. The largest absolute Gasteiger partial charge is 0.496 e. The number of carbonyl (C=O) groups is 2. The number of nitroso groups, excluding NO2 is 1. The zero-order chi connectivity index (χ0) is 21.8. The summed E-state index contributed by atoms with van der Waals surface area (Å²) < 4.78 is 5.42. The fourth-order valence-electron chi connectivity index (χ4n) is 4.04. The summed E-state index contributed by atoms with van der Waals surface area (Å²) in [6.07, 6.45) is 1.16. The molecule has 1 heterocycles. The van der Waals surface area contributed by atoms with Crippen LogP contribution >= 0.6 is 0 Å². The van der Waals surface area contributed by atoms with Crippen molar-refractivity contribution in [2.24, 2.45) is 11.1 Å². The zero-order valence-corrected chi connectivity index (χ0v) is 17.2. The summed E-state index contributed by atoms with van der Waals surface area (Å²) in [5.74, 6) is 0.397. The predicted molar refractivity (Wildman–Crippen MR) is 120 cm³/mol. The van der Waals surface area contributed by atoms with Crippen molar-refractivity contribution in [3.63, 3.8) is 0 Å². The molecule has 31 heavy (non-hydrogen) atoms. The number of piperidine rings is 1. The molecule has 0 spiro atoms. The van der Waals surface area contributed by atoms with Gasteiger partial charge in [0.25, 0.3) is 5.91 Å². The van der Waals surface area contributed by atoms with Crippen LogP contribution in [0.25, 0.3) is 10.8 Å². The molecule has 0 unspecified atom stereocenters. The first-order valence-corrected chi connectivity index (χ1v) is 10.2. The Kier molecular flexibility index (Phi) is 5.93. The van der Waals surface area contributed by atoms with Crippen LogP contribution in [0, 0.1) is 10.8 Å². The first kappa shape index (κ1) is 20.5. The normalized spacial score (nSPS) is 14.3. The van der Waals surface area contributed by atoms with E-state index in [1.807, 2.05) is 30.3 Å². The maximum Gasteiger partial charge on any atom is 0.254 e. The SMILES string of the molecule is COc1ccc(C(=O)N2CCC(C(=O)Nc3cccc(N=O)c3)CC2)c2ccccc12. The fourth-order valence-corrected chi connectivity index (χ4v) is 4.04. The third kappa shape index (κ3) is 4.26. The molecule has 1 fully saturated rings. The monoisotopic (exact) mass is 417 g/mol. The Labute approximate surface area is 180 Å². The number of fused-ring (bicyclic) bond motifs is 1. The summed E-state index contributed by atoms with van der Waals surface area (Å²) in [5, 5.41) is 7.49. The third-order valence-corrected chi connectivity index (χ3v) is 5.71. The maximum atomic E-state index is 13.2. The van der Waals surface area contributed by atoms with Crippen LogP contribution in [0.1, 0.15) is 23.2 Å². The second kappa shape index (κ2) is 8.95. The smallest absolute Gasteiger partial charge is 0.254 e. The van der Waals surface area contributed by atoms with Crippen molar-refractivity contribution in [3.05, 3.63) is 71.1 Å². The minimum atomic E-state index is -0.190. The topological polar surface area (TPSA) is 88.1 Å². The number of methoxy groups -OCH3 is 1. The first-order chi connectivity index (χ1) is 15.1. The van der Waals surface area contributed by atoms with E-state index in [2.05, 4.69) is 10.5 Å². The van der Waals surface area contributed by atoms with Crippen LogP contribution in [0.4, 0.5) is 11.4 Å². The summed E-state index contributed by atoms with van der Waals surface area (Å²) >= 11 is 0. The van der Waals surface area contributed by atoms with Gasteiger partial charge < -0.3 is 15.0 Å². The van der Waals surface area contributed by atoms with Crippen molar-refractivity contribution >= 4 is 34.0 Å². The lowest BCUT2D eigenvalue weighted by Crippen LogP contribution is -2.41. The Morgan fingerprint density at radius 1 is 1.00 bits per heavy atom. The predicted octanol–water partition coefficient (Wildman–Crippen LogP) is 4.74. The van der Waals surface area contributed by atoms with Crippen molar-refractivity contribution in [1.82, 2.24) is 4.90 Å². The van der Waals surface area contributed by atoms with E-state index < -0.39 is 0 Å². The van der Waals surface area contributed by atoms with Crippen LogP contribution in [-0.2, 0) is 4.79 Å². The molecule has 3 aromatic rings. The van der Waals surface area contributed by atoms with Crippen LogP contribution in [0.15, 0.2) is 65.8 Å². The van der Waals surface area contributed by atoms with Gasteiger partial charge in [0.1, 0.15) is 11.4 Å². The van der Waals surface area contributed by atoms with E-state index in [9.17, 15) is 14.5 Å². The van der Waals surface area contributed by atoms with Crippen LogP contribution in [-0.4, -0.2) is 36.9 Å². The molecule has 7 nitrogen and oxygen atoms in total. The van der Waals surface area contributed by atoms with E-state index in [1.54, 1.807) is 42.3 Å². The van der Waals surface area contributed by atoms with Crippen molar-refractivity contribution in [2.45, 2.75) is 12.8 Å². The van der Waals surface area contributed by atoms with Gasteiger partial charge >= 0.3 is 0 Å². The zero-order valence-electron chi connectivity index (χ0n) is 17.2. The maximum absolute atomic E-state index is 13.2. The molecule has 0 aromatic heterocycles. The van der Waals surface area contributed by atoms with E-state index in [1.165, 1.54) is 0 Å². The van der Waals surface area contributed by atoms with Crippen LogP contribution in [0.2, 0.25) is 0 Å². The lowest BCUT2D eigenvalue weighted by Gasteiger charge is -2.31. The van der Waals surface area contributed by atoms with Gasteiger partial charge in [-0.05, 0) is 53.7 Å². The number of nitrogens with zero attached hydrogens (tertiary/aromatic N) is 2. The summed E-state index contributed by atoms with van der Waals surface area (Å²) in [7, 11) is 1.62. The summed E-state index contributed by atoms with van der Waals surface area (Å²) in [6.45, 7) is 1.01. The number of hydrogen-bond donors (Lipinski definition) is 1. The highest BCUT2D eigenvalue weighted by atomic mass is 16.5. The van der Waals surface area contributed by atoms with Crippen molar-refractivity contribution in [1.29, 1.82) is 0 Å². The number of hydrogen-bond acceptors (Lipinski definition) is 5. The standard InChI is InChI=1S/C24H23N3O4/c1-31-22-10-9-21(19-7-2-3-8-20(19)22)24(29)27-13-11-16(12-14-27)23(28)25-17-5-4-6-18(15-17)26-30/h2-10,15-16H,11-14H2,1H3,(H,25,28). The van der Waals surface area contributed by atoms with Crippen molar-refractivity contribution < 1.29 is 14.3 Å². The molecule has 3 aromatic carbocycles. The van der Waals surface area contributed by atoms with Crippen molar-refractivity contribution in [3.8, 4) is 5.75 Å². The van der Waals surface area contributed by atoms with E-state index in [-0.39, 0.29) is 23.4 Å². The van der Waals surface area contributed by atoms with E-state index >= 15 is 0 Å². The van der Waals surface area contributed by atoms with Gasteiger partial charge in [-0.2, -0.15) is 0 Å². The second-order valence-corrected chi connectivity index (χ2v) is 7.56. The van der Waals surface area contributed by atoms with Gasteiger partial charge in [-0.25, -0.2) is 0 Å². The number of nitrogens with one attached hydrogen (secondary N) is 1. The Morgan fingerprint density at radius 3 is 2.45 bits per heavy atom. The van der Waals surface area contributed by atoms with E-state index in [0.29, 0.717) is 37.2 Å². The minimum absolute atomic E-state index is 0.0394. The molecule has 1 N–H and O–H groups in total. The number of anilines is 1. The molecule has 158 valence electrons. The molecule has 1 aliphatic rings. The molecular weight excluding hydrogens is 394 g/mol. The molecule has 0 radical (unpaired) electrons.